The number of benzene rings is 2. The molecule has 1 amide bonds. The van der Waals surface area contributed by atoms with Crippen LogP contribution in [0, 0.1) is 6.92 Å². The van der Waals surface area contributed by atoms with E-state index in [9.17, 15) is 9.90 Å². The van der Waals surface area contributed by atoms with Gasteiger partial charge in [0.1, 0.15) is 5.52 Å². The van der Waals surface area contributed by atoms with E-state index in [0.29, 0.717) is 17.6 Å². The number of fused-ring (bicyclic) bond motifs is 2. The molecule has 0 bridgehead atoms. The number of rotatable bonds is 1. The molecule has 0 fully saturated rings. The number of aromatic hydroxyl groups is 1. The fourth-order valence-electron chi connectivity index (χ4n) is 3.34. The highest BCUT2D eigenvalue weighted by molar-refractivity contribution is 6.11. The summed E-state index contributed by atoms with van der Waals surface area (Å²) in [6.07, 6.45) is 3.52. The molecule has 2 heterocycles. The number of aromatic nitrogens is 1. The molecule has 0 atom stereocenters. The smallest absolute Gasteiger partial charge is 0.262 e. The number of hydrogen-bond donors (Lipinski definition) is 1. The lowest BCUT2D eigenvalue weighted by molar-refractivity contribution is 0.0982. The van der Waals surface area contributed by atoms with Gasteiger partial charge in [0.05, 0.1) is 5.56 Å². The molecule has 0 unspecified atom stereocenters. The Morgan fingerprint density at radius 1 is 1.21 bits per heavy atom. The van der Waals surface area contributed by atoms with Crippen molar-refractivity contribution in [2.45, 2.75) is 19.8 Å². The highest BCUT2D eigenvalue weighted by Crippen LogP contribution is 2.33. The molecule has 4 nitrogen and oxygen atoms in total. The van der Waals surface area contributed by atoms with Gasteiger partial charge in [0, 0.05) is 23.8 Å². The Hall–Kier alpha value is -2.88. The standard InChI is InChI=1S/C20H18N2O2/c1-13-6-7-14-5-3-11-22(17(14)12-13)20(24)16-9-8-15-4-2-10-21-18(15)19(16)23/h2,4,6-10,12,23H,3,5,11H2,1H3. The molecule has 0 aliphatic carbocycles. The van der Waals surface area contributed by atoms with Crippen molar-refractivity contribution in [1.29, 1.82) is 0 Å². The summed E-state index contributed by atoms with van der Waals surface area (Å²) < 4.78 is 0. The van der Waals surface area contributed by atoms with E-state index in [1.54, 1.807) is 17.2 Å². The average Bonchev–Trinajstić information content (AvgIpc) is 2.61. The van der Waals surface area contributed by atoms with E-state index in [1.807, 2.05) is 31.2 Å². The van der Waals surface area contributed by atoms with Crippen LogP contribution in [0.3, 0.4) is 0 Å². The van der Waals surface area contributed by atoms with Crippen molar-refractivity contribution >= 4 is 22.5 Å². The van der Waals surface area contributed by atoms with Crippen molar-refractivity contribution in [3.05, 3.63) is 65.4 Å². The van der Waals surface area contributed by atoms with Crippen molar-refractivity contribution in [2.75, 3.05) is 11.4 Å². The quantitative estimate of drug-likeness (QED) is 0.741. The SMILES string of the molecule is Cc1ccc2c(c1)N(C(=O)c1ccc3cccnc3c1O)CCC2. The molecule has 2 aromatic carbocycles. The van der Waals surface area contributed by atoms with Gasteiger partial charge in [-0.2, -0.15) is 0 Å². The molecular formula is C20H18N2O2. The van der Waals surface area contributed by atoms with Gasteiger partial charge >= 0.3 is 0 Å². The number of amides is 1. The summed E-state index contributed by atoms with van der Waals surface area (Å²) in [6, 6.07) is 13.4. The number of phenols is 1. The Balaban J connectivity index is 1.81. The molecule has 1 aliphatic rings. The van der Waals surface area contributed by atoms with Crippen LogP contribution in [0.2, 0.25) is 0 Å². The van der Waals surface area contributed by atoms with E-state index < -0.39 is 0 Å². The Bertz CT molecular complexity index is 950. The zero-order valence-electron chi connectivity index (χ0n) is 13.5. The first-order valence-electron chi connectivity index (χ1n) is 8.13. The Kier molecular flexibility index (Phi) is 3.45. The van der Waals surface area contributed by atoms with Crippen LogP contribution in [0.25, 0.3) is 10.9 Å². The lowest BCUT2D eigenvalue weighted by Crippen LogP contribution is -2.35. The van der Waals surface area contributed by atoms with Crippen LogP contribution in [0.5, 0.6) is 5.75 Å². The maximum atomic E-state index is 13.1. The van der Waals surface area contributed by atoms with Crippen LogP contribution in [-0.2, 0) is 6.42 Å². The summed E-state index contributed by atoms with van der Waals surface area (Å²) in [7, 11) is 0. The number of anilines is 1. The predicted octanol–water partition coefficient (Wildman–Crippen LogP) is 3.84. The van der Waals surface area contributed by atoms with Crippen LogP contribution in [0.1, 0.15) is 27.9 Å². The number of carbonyl (C=O) groups is 1. The summed E-state index contributed by atoms with van der Waals surface area (Å²) in [5, 5.41) is 11.4. The van der Waals surface area contributed by atoms with Gasteiger partial charge in [0.2, 0.25) is 0 Å². The van der Waals surface area contributed by atoms with Crippen molar-refractivity contribution in [3.8, 4) is 5.75 Å². The van der Waals surface area contributed by atoms with Gasteiger partial charge in [0.15, 0.2) is 5.75 Å². The second kappa shape index (κ2) is 5.64. The van der Waals surface area contributed by atoms with Gasteiger partial charge in [-0.15, -0.1) is 0 Å². The summed E-state index contributed by atoms with van der Waals surface area (Å²) >= 11 is 0. The highest BCUT2D eigenvalue weighted by atomic mass is 16.3. The minimum atomic E-state index is -0.174. The molecule has 3 aromatic rings. The second-order valence-corrected chi connectivity index (χ2v) is 6.23. The molecule has 0 spiro atoms. The normalized spacial score (nSPS) is 13.8. The largest absolute Gasteiger partial charge is 0.505 e. The minimum absolute atomic E-state index is 0.0436. The van der Waals surface area contributed by atoms with E-state index in [4.69, 9.17) is 0 Å². The van der Waals surface area contributed by atoms with Gasteiger partial charge in [-0.05, 0) is 49.1 Å². The maximum Gasteiger partial charge on any atom is 0.262 e. The summed E-state index contributed by atoms with van der Waals surface area (Å²) in [5.74, 6) is -0.218. The van der Waals surface area contributed by atoms with Crippen molar-refractivity contribution in [2.24, 2.45) is 0 Å². The molecule has 120 valence electrons. The number of nitrogens with zero attached hydrogens (tertiary/aromatic N) is 2. The fourth-order valence-corrected chi connectivity index (χ4v) is 3.34. The first kappa shape index (κ1) is 14.7. The van der Waals surface area contributed by atoms with Crippen LogP contribution < -0.4 is 4.90 Å². The van der Waals surface area contributed by atoms with E-state index in [2.05, 4.69) is 17.1 Å². The number of aryl methyl sites for hydroxylation is 2. The lowest BCUT2D eigenvalue weighted by Gasteiger charge is -2.30. The number of carbonyl (C=O) groups excluding carboxylic acids is 1. The Labute approximate surface area is 140 Å². The third-order valence-electron chi connectivity index (χ3n) is 4.58. The monoisotopic (exact) mass is 318 g/mol. The fraction of sp³-hybridized carbons (Fsp3) is 0.200. The second-order valence-electron chi connectivity index (χ2n) is 6.23. The molecule has 4 heteroatoms. The van der Waals surface area contributed by atoms with Gasteiger partial charge in [0.25, 0.3) is 5.91 Å². The lowest BCUT2D eigenvalue weighted by atomic mass is 9.98. The molecule has 0 saturated heterocycles. The minimum Gasteiger partial charge on any atom is -0.505 e. The van der Waals surface area contributed by atoms with E-state index in [-0.39, 0.29) is 11.7 Å². The van der Waals surface area contributed by atoms with Gasteiger partial charge in [-0.25, -0.2) is 0 Å². The summed E-state index contributed by atoms with van der Waals surface area (Å²) in [6.45, 7) is 2.68. The number of pyridine rings is 1. The van der Waals surface area contributed by atoms with Crippen LogP contribution in [-0.4, -0.2) is 22.5 Å². The molecule has 1 N–H and O–H groups in total. The number of hydrogen-bond acceptors (Lipinski definition) is 3. The van der Waals surface area contributed by atoms with Gasteiger partial charge in [-0.3, -0.25) is 9.78 Å². The third-order valence-corrected chi connectivity index (χ3v) is 4.58. The maximum absolute atomic E-state index is 13.1. The first-order valence-corrected chi connectivity index (χ1v) is 8.13. The molecule has 4 rings (SSSR count). The zero-order chi connectivity index (χ0) is 16.7. The van der Waals surface area contributed by atoms with E-state index in [1.165, 1.54) is 5.56 Å². The summed E-state index contributed by atoms with van der Waals surface area (Å²) in [5.41, 5.74) is 4.02. The first-order chi connectivity index (χ1) is 11.6. The topological polar surface area (TPSA) is 53.4 Å². The summed E-state index contributed by atoms with van der Waals surface area (Å²) in [4.78, 5) is 19.1. The molecule has 24 heavy (non-hydrogen) atoms. The molecule has 0 saturated carbocycles. The van der Waals surface area contributed by atoms with Gasteiger partial charge in [-0.1, -0.05) is 24.3 Å². The molecule has 1 aromatic heterocycles. The Morgan fingerprint density at radius 3 is 2.96 bits per heavy atom. The number of phenolic OH excluding ortho intramolecular Hbond substituents is 1. The van der Waals surface area contributed by atoms with Crippen LogP contribution >= 0.6 is 0 Å². The highest BCUT2D eigenvalue weighted by Gasteiger charge is 2.26. The van der Waals surface area contributed by atoms with Crippen LogP contribution in [0.4, 0.5) is 5.69 Å². The van der Waals surface area contributed by atoms with Gasteiger partial charge < -0.3 is 10.0 Å². The molecular weight excluding hydrogens is 300 g/mol. The van der Waals surface area contributed by atoms with Crippen LogP contribution in [0.15, 0.2) is 48.7 Å². The Morgan fingerprint density at radius 2 is 2.08 bits per heavy atom. The van der Waals surface area contributed by atoms with Crippen molar-refractivity contribution in [3.63, 3.8) is 0 Å². The van der Waals surface area contributed by atoms with E-state index >= 15 is 0 Å². The van der Waals surface area contributed by atoms with Crippen molar-refractivity contribution in [1.82, 2.24) is 4.98 Å². The molecule has 0 radical (unpaired) electrons. The van der Waals surface area contributed by atoms with E-state index in [0.717, 1.165) is 29.5 Å². The zero-order valence-corrected chi connectivity index (χ0v) is 13.5. The van der Waals surface area contributed by atoms with Crippen molar-refractivity contribution < 1.29 is 9.90 Å². The predicted molar refractivity (Wildman–Crippen MR) is 94.6 cm³/mol. The molecule has 1 aliphatic heterocycles. The average molecular weight is 318 g/mol. The third kappa shape index (κ3) is 2.31.